The molecule has 3 nitrogen and oxygen atoms in total. The minimum atomic E-state index is -4.89. The zero-order valence-corrected chi connectivity index (χ0v) is 11.9. The van der Waals surface area contributed by atoms with Crippen molar-refractivity contribution < 1.29 is 27.5 Å². The predicted molar refractivity (Wildman–Crippen MR) is 69.2 cm³/mol. The van der Waals surface area contributed by atoms with Crippen molar-refractivity contribution in [3.63, 3.8) is 0 Å². The smallest absolute Gasteiger partial charge is 0.459 e. The van der Waals surface area contributed by atoms with Crippen LogP contribution in [0.25, 0.3) is 0 Å². The van der Waals surface area contributed by atoms with Crippen molar-refractivity contribution in [2.75, 3.05) is 6.61 Å². The lowest BCUT2D eigenvalue weighted by atomic mass is 9.99. The van der Waals surface area contributed by atoms with Crippen molar-refractivity contribution in [1.82, 2.24) is 0 Å². The van der Waals surface area contributed by atoms with Crippen LogP contribution in [0.2, 0.25) is 0 Å². The first-order chi connectivity index (χ1) is 9.41. The summed E-state index contributed by atoms with van der Waals surface area (Å²) < 4.78 is 39.5. The minimum Gasteiger partial charge on any atom is -0.459 e. The highest BCUT2D eigenvalue weighted by Crippen LogP contribution is 2.17. The van der Waals surface area contributed by atoms with Crippen LogP contribution in [0.3, 0.4) is 0 Å². The standard InChI is InChI=1S/C14H23F3O3/c1-2-12(11-18)9-7-5-3-4-6-8-10-20-13(19)14(15,16)17/h11-12H,2-10H2,1H3. The third kappa shape index (κ3) is 9.81. The van der Waals surface area contributed by atoms with Gasteiger partial charge < -0.3 is 9.53 Å². The fraction of sp³-hybridized carbons (Fsp3) is 0.857. The van der Waals surface area contributed by atoms with Gasteiger partial charge in [-0.1, -0.05) is 39.0 Å². The zero-order chi connectivity index (χ0) is 15.4. The number of rotatable bonds is 11. The van der Waals surface area contributed by atoms with Crippen LogP contribution in [0.5, 0.6) is 0 Å². The number of carbonyl (C=O) groups excluding carboxylic acids is 2. The molecule has 0 aromatic heterocycles. The van der Waals surface area contributed by atoms with Crippen molar-refractivity contribution >= 4 is 12.3 Å². The molecule has 0 aliphatic heterocycles. The number of hydrogen-bond donors (Lipinski definition) is 0. The van der Waals surface area contributed by atoms with Gasteiger partial charge in [0.1, 0.15) is 6.29 Å². The third-order valence-corrected chi connectivity index (χ3v) is 3.15. The number of carbonyl (C=O) groups is 2. The molecule has 118 valence electrons. The topological polar surface area (TPSA) is 43.4 Å². The number of hydrogen-bond acceptors (Lipinski definition) is 3. The molecule has 1 atom stereocenters. The van der Waals surface area contributed by atoms with Gasteiger partial charge in [-0.15, -0.1) is 0 Å². The van der Waals surface area contributed by atoms with E-state index in [2.05, 4.69) is 4.74 Å². The average Bonchev–Trinajstić information content (AvgIpc) is 2.39. The van der Waals surface area contributed by atoms with E-state index in [0.29, 0.717) is 6.42 Å². The summed E-state index contributed by atoms with van der Waals surface area (Å²) in [6.45, 7) is 1.81. The van der Waals surface area contributed by atoms with E-state index in [0.717, 1.165) is 51.2 Å². The molecule has 0 aromatic rings. The molecule has 0 rings (SSSR count). The molecule has 6 heteroatoms. The molecule has 0 aliphatic carbocycles. The molecule has 0 saturated carbocycles. The molecule has 0 radical (unpaired) electrons. The van der Waals surface area contributed by atoms with E-state index in [1.54, 1.807) is 0 Å². The molecule has 0 saturated heterocycles. The fourth-order valence-corrected chi connectivity index (χ4v) is 1.83. The van der Waals surface area contributed by atoms with Crippen molar-refractivity contribution in [3.05, 3.63) is 0 Å². The van der Waals surface area contributed by atoms with E-state index in [9.17, 15) is 22.8 Å². The van der Waals surface area contributed by atoms with Crippen LogP contribution < -0.4 is 0 Å². The first-order valence-corrected chi connectivity index (χ1v) is 7.11. The van der Waals surface area contributed by atoms with Crippen molar-refractivity contribution in [2.45, 2.75) is 64.5 Å². The normalized spacial score (nSPS) is 13.0. The number of unbranched alkanes of at least 4 members (excludes halogenated alkanes) is 5. The summed E-state index contributed by atoms with van der Waals surface area (Å²) >= 11 is 0. The van der Waals surface area contributed by atoms with E-state index >= 15 is 0 Å². The molecule has 0 amide bonds. The Kier molecular flexibility index (Phi) is 10.1. The van der Waals surface area contributed by atoms with E-state index < -0.39 is 12.1 Å². The Morgan fingerprint density at radius 1 is 1.10 bits per heavy atom. The van der Waals surface area contributed by atoms with E-state index in [-0.39, 0.29) is 12.5 Å². The summed E-state index contributed by atoms with van der Waals surface area (Å²) in [5, 5.41) is 0. The molecule has 0 spiro atoms. The van der Waals surface area contributed by atoms with Crippen LogP contribution >= 0.6 is 0 Å². The second-order valence-corrected chi connectivity index (χ2v) is 4.85. The maximum Gasteiger partial charge on any atom is 0.490 e. The minimum absolute atomic E-state index is 0.150. The molecule has 0 heterocycles. The predicted octanol–water partition coefficient (Wildman–Crippen LogP) is 4.05. The number of halogens is 3. The molecule has 0 bridgehead atoms. The van der Waals surface area contributed by atoms with Crippen LogP contribution in [0.1, 0.15) is 58.3 Å². The van der Waals surface area contributed by atoms with Gasteiger partial charge in [-0.05, 0) is 19.3 Å². The molecule has 0 aliphatic rings. The van der Waals surface area contributed by atoms with Gasteiger partial charge in [0, 0.05) is 5.92 Å². The van der Waals surface area contributed by atoms with Crippen molar-refractivity contribution in [1.29, 1.82) is 0 Å². The summed E-state index contributed by atoms with van der Waals surface area (Å²) in [4.78, 5) is 21.0. The fourth-order valence-electron chi connectivity index (χ4n) is 1.83. The van der Waals surface area contributed by atoms with Crippen LogP contribution in [-0.4, -0.2) is 25.0 Å². The first-order valence-electron chi connectivity index (χ1n) is 7.11. The Bertz CT molecular complexity index is 277. The molecule has 1 unspecified atom stereocenters. The second kappa shape index (κ2) is 10.7. The van der Waals surface area contributed by atoms with Gasteiger partial charge >= 0.3 is 12.1 Å². The van der Waals surface area contributed by atoms with Crippen LogP contribution in [0, 0.1) is 5.92 Å². The lowest BCUT2D eigenvalue weighted by molar-refractivity contribution is -0.199. The number of ether oxygens (including phenoxy) is 1. The van der Waals surface area contributed by atoms with Crippen LogP contribution in [0.4, 0.5) is 13.2 Å². The zero-order valence-electron chi connectivity index (χ0n) is 11.9. The summed E-state index contributed by atoms with van der Waals surface area (Å²) in [5.74, 6) is -1.96. The van der Waals surface area contributed by atoms with Crippen LogP contribution in [0.15, 0.2) is 0 Å². The highest BCUT2D eigenvalue weighted by molar-refractivity contribution is 5.75. The first kappa shape index (κ1) is 18.9. The van der Waals surface area contributed by atoms with Gasteiger partial charge in [-0.2, -0.15) is 13.2 Å². The molecular formula is C14H23F3O3. The van der Waals surface area contributed by atoms with Gasteiger partial charge in [0.2, 0.25) is 0 Å². The Labute approximate surface area is 117 Å². The summed E-state index contributed by atoms with van der Waals surface area (Å²) in [6.07, 6.45) is 2.99. The maximum atomic E-state index is 11.8. The Morgan fingerprint density at radius 3 is 2.15 bits per heavy atom. The summed E-state index contributed by atoms with van der Waals surface area (Å²) in [7, 11) is 0. The Morgan fingerprint density at radius 2 is 1.65 bits per heavy atom. The lowest BCUT2D eigenvalue weighted by Gasteiger charge is -2.07. The van der Waals surface area contributed by atoms with Crippen molar-refractivity contribution in [2.24, 2.45) is 5.92 Å². The van der Waals surface area contributed by atoms with E-state index in [1.165, 1.54) is 0 Å². The number of aldehydes is 1. The van der Waals surface area contributed by atoms with E-state index in [4.69, 9.17) is 0 Å². The third-order valence-electron chi connectivity index (χ3n) is 3.15. The molecule has 20 heavy (non-hydrogen) atoms. The quantitative estimate of drug-likeness (QED) is 0.328. The molecule has 0 fully saturated rings. The summed E-state index contributed by atoms with van der Waals surface area (Å²) in [5.41, 5.74) is 0. The van der Waals surface area contributed by atoms with Crippen molar-refractivity contribution in [3.8, 4) is 0 Å². The van der Waals surface area contributed by atoms with Gasteiger partial charge in [0.05, 0.1) is 6.61 Å². The van der Waals surface area contributed by atoms with Crippen LogP contribution in [-0.2, 0) is 14.3 Å². The van der Waals surface area contributed by atoms with Gasteiger partial charge in [-0.3, -0.25) is 0 Å². The second-order valence-electron chi connectivity index (χ2n) is 4.85. The van der Waals surface area contributed by atoms with Gasteiger partial charge in [-0.25, -0.2) is 4.79 Å². The van der Waals surface area contributed by atoms with Gasteiger partial charge in [0.25, 0.3) is 0 Å². The molecule has 0 aromatic carbocycles. The molecule has 0 N–H and O–H groups in total. The SMILES string of the molecule is CCC(C=O)CCCCCCCCOC(=O)C(F)(F)F. The Hall–Kier alpha value is -1.07. The Balaban J connectivity index is 3.33. The highest BCUT2D eigenvalue weighted by atomic mass is 19.4. The maximum absolute atomic E-state index is 11.8. The van der Waals surface area contributed by atoms with E-state index in [1.807, 2.05) is 6.92 Å². The molecular weight excluding hydrogens is 273 g/mol. The highest BCUT2D eigenvalue weighted by Gasteiger charge is 2.40. The van der Waals surface area contributed by atoms with Gasteiger partial charge in [0.15, 0.2) is 0 Å². The number of esters is 1. The monoisotopic (exact) mass is 296 g/mol. The number of alkyl halides is 3. The lowest BCUT2D eigenvalue weighted by Crippen LogP contribution is -2.25. The summed E-state index contributed by atoms with van der Waals surface area (Å²) in [6, 6.07) is 0. The average molecular weight is 296 g/mol. The largest absolute Gasteiger partial charge is 0.490 e.